The fraction of sp³-hybridized carbons (Fsp3) is 0.667. The summed E-state index contributed by atoms with van der Waals surface area (Å²) < 4.78 is 11.8. The molecule has 0 spiro atoms. The Kier molecular flexibility index (Phi) is 6.79. The predicted molar refractivity (Wildman–Crippen MR) is 108 cm³/mol. The maximum Gasteiger partial charge on any atom is 0.225 e. The van der Waals surface area contributed by atoms with E-state index in [1.165, 1.54) is 0 Å². The largest absolute Gasteiger partial charge is 0.370 e. The van der Waals surface area contributed by atoms with E-state index in [4.69, 9.17) is 5.73 Å². The summed E-state index contributed by atoms with van der Waals surface area (Å²) in [5, 5.41) is 0. The highest BCUT2D eigenvalue weighted by Gasteiger charge is 2.40. The topological polar surface area (TPSA) is 87.7 Å². The van der Waals surface area contributed by atoms with Gasteiger partial charge in [0.15, 0.2) is 5.96 Å². The normalized spacial score (nSPS) is 21.6. The maximum atomic E-state index is 11.9. The van der Waals surface area contributed by atoms with Crippen molar-refractivity contribution in [2.75, 3.05) is 43.9 Å². The molecule has 1 aliphatic carbocycles. The molecule has 0 bridgehead atoms. The Balaban J connectivity index is 0.00000208. The lowest BCUT2D eigenvalue weighted by Crippen LogP contribution is -2.52. The number of aromatic nitrogens is 2. The van der Waals surface area contributed by atoms with E-state index in [1.807, 2.05) is 6.07 Å². The summed E-state index contributed by atoms with van der Waals surface area (Å²) in [6.07, 6.45) is 8.42. The zero-order valence-corrected chi connectivity index (χ0v) is 17.1. The standard InChI is InChI=1S/C15H24N6OS.HI/c1-23(22)15(4-2-5-15)12-19-13(16)20-8-10-21(11-9-20)14-17-6-3-7-18-14;/h3,6-7H,2,4-5,8-12H2,1H3,(H2,16,19);1H. The lowest BCUT2D eigenvalue weighted by molar-refractivity contribution is 0.351. The van der Waals surface area contributed by atoms with Gasteiger partial charge in [-0.25, -0.2) is 9.97 Å². The second-order valence-electron chi connectivity index (χ2n) is 6.19. The summed E-state index contributed by atoms with van der Waals surface area (Å²) >= 11 is 0. The van der Waals surface area contributed by atoms with Gasteiger partial charge in [-0.3, -0.25) is 9.20 Å². The van der Waals surface area contributed by atoms with E-state index in [2.05, 4.69) is 24.8 Å². The van der Waals surface area contributed by atoms with Crippen molar-refractivity contribution in [1.82, 2.24) is 14.9 Å². The molecule has 1 aliphatic heterocycles. The van der Waals surface area contributed by atoms with Crippen molar-refractivity contribution in [3.8, 4) is 0 Å². The Labute approximate surface area is 162 Å². The van der Waals surface area contributed by atoms with Gasteiger partial charge in [-0.05, 0) is 18.9 Å². The second kappa shape index (κ2) is 8.41. The van der Waals surface area contributed by atoms with Crippen molar-refractivity contribution in [2.24, 2.45) is 10.7 Å². The highest BCUT2D eigenvalue weighted by molar-refractivity contribution is 14.0. The van der Waals surface area contributed by atoms with Crippen molar-refractivity contribution in [3.63, 3.8) is 0 Å². The number of rotatable bonds is 4. The molecule has 1 unspecified atom stereocenters. The van der Waals surface area contributed by atoms with Crippen LogP contribution in [0.15, 0.2) is 23.5 Å². The van der Waals surface area contributed by atoms with Crippen LogP contribution in [0.2, 0.25) is 0 Å². The molecule has 1 atom stereocenters. The van der Waals surface area contributed by atoms with Gasteiger partial charge in [0.25, 0.3) is 0 Å². The molecule has 7 nitrogen and oxygen atoms in total. The second-order valence-corrected chi connectivity index (χ2v) is 7.96. The van der Waals surface area contributed by atoms with Crippen molar-refractivity contribution in [3.05, 3.63) is 18.5 Å². The number of hydrogen-bond donors (Lipinski definition) is 1. The van der Waals surface area contributed by atoms with Gasteiger partial charge < -0.3 is 15.5 Å². The summed E-state index contributed by atoms with van der Waals surface area (Å²) in [7, 11) is -0.840. The van der Waals surface area contributed by atoms with Gasteiger partial charge in [0.1, 0.15) is 0 Å². The summed E-state index contributed by atoms with van der Waals surface area (Å²) in [5.74, 6) is 1.33. The molecule has 1 aromatic rings. The van der Waals surface area contributed by atoms with Crippen LogP contribution >= 0.6 is 24.0 Å². The van der Waals surface area contributed by atoms with Crippen molar-refractivity contribution >= 4 is 46.7 Å². The van der Waals surface area contributed by atoms with Gasteiger partial charge >= 0.3 is 0 Å². The van der Waals surface area contributed by atoms with Gasteiger partial charge in [0, 0.05) is 55.6 Å². The van der Waals surface area contributed by atoms with Gasteiger partial charge in [-0.15, -0.1) is 24.0 Å². The third-order valence-electron chi connectivity index (χ3n) is 4.84. The minimum Gasteiger partial charge on any atom is -0.370 e. The Hall–Kier alpha value is -0.970. The van der Waals surface area contributed by atoms with Crippen LogP contribution in [0.3, 0.4) is 0 Å². The molecule has 1 aromatic heterocycles. The fourth-order valence-corrected chi connectivity index (χ4v) is 4.13. The van der Waals surface area contributed by atoms with E-state index in [0.29, 0.717) is 12.5 Å². The molecule has 0 amide bonds. The van der Waals surface area contributed by atoms with Gasteiger partial charge in [0.05, 0.1) is 11.3 Å². The lowest BCUT2D eigenvalue weighted by Gasteiger charge is -2.39. The molecule has 9 heteroatoms. The van der Waals surface area contributed by atoms with E-state index in [-0.39, 0.29) is 28.7 Å². The molecule has 134 valence electrons. The molecule has 2 heterocycles. The Bertz CT molecular complexity index is 587. The van der Waals surface area contributed by atoms with Crippen LogP contribution in [0.5, 0.6) is 0 Å². The minimum absolute atomic E-state index is 0. The molecule has 1 saturated heterocycles. The van der Waals surface area contributed by atoms with E-state index >= 15 is 0 Å². The molecule has 2 fully saturated rings. The average Bonchev–Trinajstić information content (AvgIpc) is 2.54. The Morgan fingerprint density at radius 2 is 1.92 bits per heavy atom. The smallest absolute Gasteiger partial charge is 0.225 e. The van der Waals surface area contributed by atoms with E-state index in [1.54, 1.807) is 18.6 Å². The van der Waals surface area contributed by atoms with Gasteiger partial charge in [-0.2, -0.15) is 0 Å². The minimum atomic E-state index is -0.840. The number of nitrogens with zero attached hydrogens (tertiary/aromatic N) is 5. The summed E-state index contributed by atoms with van der Waals surface area (Å²) in [6.45, 7) is 3.83. The number of aliphatic imine (C=N–C) groups is 1. The van der Waals surface area contributed by atoms with Gasteiger partial charge in [0.2, 0.25) is 5.95 Å². The highest BCUT2D eigenvalue weighted by Crippen LogP contribution is 2.37. The third-order valence-corrected chi connectivity index (χ3v) is 6.60. The number of halogens is 1. The van der Waals surface area contributed by atoms with E-state index in [9.17, 15) is 4.21 Å². The first-order valence-corrected chi connectivity index (χ1v) is 9.57. The summed E-state index contributed by atoms with van der Waals surface area (Å²) in [6, 6.07) is 1.82. The molecule has 24 heavy (non-hydrogen) atoms. The molecular formula is C15H25IN6OS. The fourth-order valence-electron chi connectivity index (χ4n) is 3.02. The molecule has 2 N–H and O–H groups in total. The number of piperazine rings is 1. The zero-order chi connectivity index (χ0) is 16.3. The molecular weight excluding hydrogens is 439 g/mol. The van der Waals surface area contributed by atoms with Crippen LogP contribution in [0.1, 0.15) is 19.3 Å². The molecule has 3 rings (SSSR count). The first-order valence-electron chi connectivity index (χ1n) is 8.01. The molecule has 1 saturated carbocycles. The van der Waals surface area contributed by atoms with Crippen LogP contribution in [0.4, 0.5) is 5.95 Å². The first kappa shape index (κ1) is 19.4. The predicted octanol–water partition coefficient (Wildman–Crippen LogP) is 0.832. The zero-order valence-electron chi connectivity index (χ0n) is 13.9. The van der Waals surface area contributed by atoms with Crippen LogP contribution in [-0.4, -0.2) is 68.8 Å². The number of hydrogen-bond acceptors (Lipinski definition) is 5. The van der Waals surface area contributed by atoms with Crippen LogP contribution in [0.25, 0.3) is 0 Å². The monoisotopic (exact) mass is 464 g/mol. The summed E-state index contributed by atoms with van der Waals surface area (Å²) in [4.78, 5) is 17.3. The van der Waals surface area contributed by atoms with E-state index in [0.717, 1.165) is 51.4 Å². The molecule has 0 radical (unpaired) electrons. The SMILES string of the molecule is CS(=O)C1(CN=C(N)N2CCN(c3ncccn3)CC2)CCC1.I. The Morgan fingerprint density at radius 1 is 1.29 bits per heavy atom. The average molecular weight is 464 g/mol. The molecule has 0 aromatic carbocycles. The van der Waals surface area contributed by atoms with Crippen molar-refractivity contribution < 1.29 is 4.21 Å². The van der Waals surface area contributed by atoms with E-state index < -0.39 is 10.8 Å². The van der Waals surface area contributed by atoms with Gasteiger partial charge in [-0.1, -0.05) is 6.42 Å². The number of nitrogens with two attached hydrogens (primary N) is 1. The quantitative estimate of drug-likeness (QED) is 0.404. The molecule has 2 aliphatic rings. The van der Waals surface area contributed by atoms with Crippen LogP contribution < -0.4 is 10.6 Å². The lowest BCUT2D eigenvalue weighted by atomic mass is 9.84. The number of guanidine groups is 1. The first-order chi connectivity index (χ1) is 11.1. The number of anilines is 1. The maximum absolute atomic E-state index is 11.9. The van der Waals surface area contributed by atoms with Crippen molar-refractivity contribution in [1.29, 1.82) is 0 Å². The van der Waals surface area contributed by atoms with Crippen molar-refractivity contribution in [2.45, 2.75) is 24.0 Å². The van der Waals surface area contributed by atoms with Crippen LogP contribution in [-0.2, 0) is 10.8 Å². The summed E-state index contributed by atoms with van der Waals surface area (Å²) in [5.41, 5.74) is 6.15. The highest BCUT2D eigenvalue weighted by atomic mass is 127. The third kappa shape index (κ3) is 4.16. The van der Waals surface area contributed by atoms with Crippen LogP contribution in [0, 0.1) is 0 Å². The Morgan fingerprint density at radius 3 is 2.42 bits per heavy atom.